The molecule has 1 aliphatic heterocycles. The molecule has 0 aliphatic carbocycles. The number of sulfonamides is 1. The molecule has 1 saturated heterocycles. The van der Waals surface area contributed by atoms with Gasteiger partial charge in [-0.3, -0.25) is 4.79 Å². The molecule has 1 aliphatic rings. The summed E-state index contributed by atoms with van der Waals surface area (Å²) in [4.78, 5) is 13.7. The van der Waals surface area contributed by atoms with Gasteiger partial charge in [-0.05, 0) is 57.2 Å². The third-order valence-electron chi connectivity index (χ3n) is 4.28. The molecule has 24 heavy (non-hydrogen) atoms. The van der Waals surface area contributed by atoms with Crippen LogP contribution in [0.1, 0.15) is 12.8 Å². The highest BCUT2D eigenvalue weighted by Gasteiger charge is 2.44. The molecule has 0 amide bonds. The van der Waals surface area contributed by atoms with Gasteiger partial charge in [0.15, 0.2) is 0 Å². The molecule has 9 heteroatoms. The molecule has 0 unspecified atom stereocenters. The van der Waals surface area contributed by atoms with E-state index in [9.17, 15) is 18.3 Å². The van der Waals surface area contributed by atoms with Gasteiger partial charge in [-0.2, -0.15) is 17.4 Å². The van der Waals surface area contributed by atoms with Crippen LogP contribution in [-0.2, 0) is 14.8 Å². The minimum absolute atomic E-state index is 0.0144. The monoisotopic (exact) mass is 374 g/mol. The van der Waals surface area contributed by atoms with Crippen LogP contribution in [-0.4, -0.2) is 62.4 Å². The number of carbonyl (C=O) groups is 1. The average molecular weight is 374 g/mol. The minimum Gasteiger partial charge on any atom is -0.497 e. The average Bonchev–Trinajstić information content (AvgIpc) is 2.55. The van der Waals surface area contributed by atoms with Crippen LogP contribution in [0, 0.1) is 0 Å². The lowest BCUT2D eigenvalue weighted by molar-refractivity contribution is -0.140. The Morgan fingerprint density at radius 3 is 2.33 bits per heavy atom. The quantitative estimate of drug-likeness (QED) is 0.638. The highest BCUT2D eigenvalue weighted by atomic mass is 32.2. The second-order valence-electron chi connectivity index (χ2n) is 5.97. The Labute approximate surface area is 147 Å². The van der Waals surface area contributed by atoms with Crippen molar-refractivity contribution < 1.29 is 23.1 Å². The Balaban J connectivity index is 2.24. The first-order valence-corrected chi connectivity index (χ1v) is 9.41. The van der Waals surface area contributed by atoms with E-state index in [1.165, 1.54) is 31.4 Å². The topological polar surface area (TPSA) is 95.9 Å². The van der Waals surface area contributed by atoms with Crippen LogP contribution in [0.15, 0.2) is 29.2 Å². The number of carboxylic acids is 1. The van der Waals surface area contributed by atoms with E-state index >= 15 is 0 Å². The number of benzene rings is 1. The van der Waals surface area contributed by atoms with Crippen molar-refractivity contribution in [3.8, 4) is 5.75 Å². The van der Waals surface area contributed by atoms with Crippen LogP contribution in [0.4, 0.5) is 0 Å². The summed E-state index contributed by atoms with van der Waals surface area (Å²) in [5, 5.41) is 9.54. The van der Waals surface area contributed by atoms with E-state index in [0.717, 1.165) is 0 Å². The Kier molecular flexibility index (Phi) is 5.79. The summed E-state index contributed by atoms with van der Waals surface area (Å²) in [5.74, 6) is -0.712. The van der Waals surface area contributed by atoms with Crippen molar-refractivity contribution in [2.24, 2.45) is 0 Å². The summed E-state index contributed by atoms with van der Waals surface area (Å²) in [6.07, 6.45) is 0.962. The normalized spacial score (nSPS) is 19.6. The van der Waals surface area contributed by atoms with Crippen molar-refractivity contribution >= 4 is 28.6 Å². The fraction of sp³-hybridized carbons (Fsp3) is 0.533. The van der Waals surface area contributed by atoms with E-state index in [1.54, 1.807) is 0 Å². The number of likely N-dealkylation sites (tertiary alicyclic amines) is 1. The summed E-state index contributed by atoms with van der Waals surface area (Å²) >= 11 is 4.53. The van der Waals surface area contributed by atoms with Crippen LogP contribution in [0.25, 0.3) is 0 Å². The van der Waals surface area contributed by atoms with Gasteiger partial charge in [-0.1, -0.05) is 0 Å². The highest BCUT2D eigenvalue weighted by Crippen LogP contribution is 2.33. The van der Waals surface area contributed by atoms with Gasteiger partial charge >= 0.3 is 5.97 Å². The largest absolute Gasteiger partial charge is 0.497 e. The van der Waals surface area contributed by atoms with Gasteiger partial charge in [0.05, 0.1) is 12.0 Å². The molecule has 7 nitrogen and oxygen atoms in total. The lowest BCUT2D eigenvalue weighted by Crippen LogP contribution is -2.57. The molecule has 0 aromatic heterocycles. The number of nitrogens with one attached hydrogen (secondary N) is 1. The standard InChI is InChI=1S/C15H22N2O5S2/c1-17-9-7-15(23,8-10-17)13(14(18)19)16-24(20,21)12-5-3-11(22-2)4-6-12/h3-6,13,16,23H,7-10H2,1-2H3,(H,18,19)/t13-/m1/s1. The van der Waals surface area contributed by atoms with Gasteiger partial charge in [0, 0.05) is 4.75 Å². The first kappa shape index (κ1) is 19.0. The molecule has 1 fully saturated rings. The predicted octanol–water partition coefficient (Wildman–Crippen LogP) is 0.821. The number of thiol groups is 1. The molecule has 2 N–H and O–H groups in total. The molecule has 0 bridgehead atoms. The maximum Gasteiger partial charge on any atom is 0.323 e. The van der Waals surface area contributed by atoms with Gasteiger partial charge in [0.1, 0.15) is 11.8 Å². The van der Waals surface area contributed by atoms with E-state index in [2.05, 4.69) is 22.3 Å². The van der Waals surface area contributed by atoms with Crippen molar-refractivity contribution in [2.45, 2.75) is 28.5 Å². The van der Waals surface area contributed by atoms with Crippen LogP contribution < -0.4 is 9.46 Å². The van der Waals surface area contributed by atoms with E-state index < -0.39 is 26.8 Å². The minimum atomic E-state index is -3.98. The second-order valence-corrected chi connectivity index (χ2v) is 8.58. The number of rotatable bonds is 6. The Bertz CT molecular complexity index is 682. The summed E-state index contributed by atoms with van der Waals surface area (Å²) < 4.78 is 31.4. The van der Waals surface area contributed by atoms with Gasteiger partial charge < -0.3 is 14.7 Å². The zero-order valence-electron chi connectivity index (χ0n) is 13.6. The number of carboxylic acid groups (broad SMARTS) is 1. The number of hydrogen-bond acceptors (Lipinski definition) is 6. The maximum absolute atomic E-state index is 12.5. The van der Waals surface area contributed by atoms with Crippen molar-refractivity contribution in [1.29, 1.82) is 0 Å². The van der Waals surface area contributed by atoms with Crippen molar-refractivity contribution in [3.63, 3.8) is 0 Å². The van der Waals surface area contributed by atoms with Gasteiger partial charge in [-0.25, -0.2) is 8.42 Å². The van der Waals surface area contributed by atoms with Crippen LogP contribution in [0.2, 0.25) is 0 Å². The Morgan fingerprint density at radius 1 is 1.33 bits per heavy atom. The first-order valence-electron chi connectivity index (χ1n) is 7.48. The number of piperidine rings is 1. The third-order valence-corrected chi connectivity index (χ3v) is 6.42. The van der Waals surface area contributed by atoms with Crippen molar-refractivity contribution in [1.82, 2.24) is 9.62 Å². The first-order chi connectivity index (χ1) is 11.2. The highest BCUT2D eigenvalue weighted by molar-refractivity contribution is 7.89. The smallest absolute Gasteiger partial charge is 0.323 e. The number of methoxy groups -OCH3 is 1. The van der Waals surface area contributed by atoms with Crippen LogP contribution >= 0.6 is 12.6 Å². The lowest BCUT2D eigenvalue weighted by atomic mass is 9.89. The fourth-order valence-electron chi connectivity index (χ4n) is 2.66. The Hall–Kier alpha value is -1.29. The summed E-state index contributed by atoms with van der Waals surface area (Å²) in [5.41, 5.74) is 0. The Morgan fingerprint density at radius 2 is 1.88 bits per heavy atom. The second kappa shape index (κ2) is 7.30. The van der Waals surface area contributed by atoms with E-state index in [-0.39, 0.29) is 4.90 Å². The number of hydrogen-bond donors (Lipinski definition) is 3. The van der Waals surface area contributed by atoms with E-state index in [1.807, 2.05) is 7.05 Å². The SMILES string of the molecule is COc1ccc(S(=O)(=O)N[C@H](C(=O)O)C2(S)CCN(C)CC2)cc1. The van der Waals surface area contributed by atoms with Crippen LogP contribution in [0.5, 0.6) is 5.75 Å². The number of aliphatic carboxylic acids is 1. The molecule has 1 atom stereocenters. The van der Waals surface area contributed by atoms with Crippen LogP contribution in [0.3, 0.4) is 0 Å². The molecular formula is C15H22N2O5S2. The molecule has 134 valence electrons. The molecular weight excluding hydrogens is 352 g/mol. The van der Waals surface area contributed by atoms with Gasteiger partial charge in [0.2, 0.25) is 10.0 Å². The summed E-state index contributed by atoms with van der Waals surface area (Å²) in [7, 11) is -0.565. The molecule has 1 heterocycles. The van der Waals surface area contributed by atoms with Crippen molar-refractivity contribution in [3.05, 3.63) is 24.3 Å². The summed E-state index contributed by atoms with van der Waals surface area (Å²) in [6.45, 7) is 1.33. The van der Waals surface area contributed by atoms with E-state index in [4.69, 9.17) is 4.74 Å². The summed E-state index contributed by atoms with van der Waals surface area (Å²) in [6, 6.07) is 4.47. The number of ether oxygens (including phenoxy) is 1. The van der Waals surface area contributed by atoms with Gasteiger partial charge in [0.25, 0.3) is 0 Å². The molecule has 1 aromatic rings. The fourth-order valence-corrected chi connectivity index (χ4v) is 4.39. The zero-order chi connectivity index (χ0) is 18.0. The molecule has 2 rings (SSSR count). The lowest BCUT2D eigenvalue weighted by Gasteiger charge is -2.40. The van der Waals surface area contributed by atoms with E-state index in [0.29, 0.717) is 31.7 Å². The molecule has 0 saturated carbocycles. The zero-order valence-corrected chi connectivity index (χ0v) is 15.3. The molecule has 0 spiro atoms. The van der Waals surface area contributed by atoms with Crippen molar-refractivity contribution in [2.75, 3.05) is 27.2 Å². The predicted molar refractivity (Wildman–Crippen MR) is 93.2 cm³/mol. The van der Waals surface area contributed by atoms with Gasteiger partial charge in [-0.15, -0.1) is 0 Å². The third kappa shape index (κ3) is 4.21. The number of nitrogens with zero attached hydrogens (tertiary/aromatic N) is 1. The maximum atomic E-state index is 12.5. The molecule has 1 aromatic carbocycles. The molecule has 0 radical (unpaired) electrons.